The van der Waals surface area contributed by atoms with Crippen LogP contribution in [-0.2, 0) is 4.79 Å². The Hall–Kier alpha value is -2.27. The van der Waals surface area contributed by atoms with Crippen LogP contribution in [0.15, 0.2) is 41.8 Å². The fourth-order valence-corrected chi connectivity index (χ4v) is 4.10. The van der Waals surface area contributed by atoms with E-state index in [9.17, 15) is 4.79 Å². The van der Waals surface area contributed by atoms with Gasteiger partial charge in [-0.15, -0.1) is 11.3 Å². The SMILES string of the molecule is O=C(/C=C/c1ccc2c(c1)OCO2)N1CCC(c2cccs2)CC1. The molecule has 0 N–H and O–H groups in total. The summed E-state index contributed by atoms with van der Waals surface area (Å²) in [6.45, 7) is 1.92. The van der Waals surface area contributed by atoms with Crippen LogP contribution in [0.3, 0.4) is 0 Å². The van der Waals surface area contributed by atoms with E-state index >= 15 is 0 Å². The molecule has 0 unspecified atom stereocenters. The molecule has 3 heterocycles. The maximum atomic E-state index is 12.4. The summed E-state index contributed by atoms with van der Waals surface area (Å²) in [5.41, 5.74) is 0.945. The Kier molecular flexibility index (Phi) is 4.26. The Morgan fingerprint density at radius 2 is 2.00 bits per heavy atom. The molecule has 5 heteroatoms. The molecule has 24 heavy (non-hydrogen) atoms. The van der Waals surface area contributed by atoms with Crippen molar-refractivity contribution in [2.45, 2.75) is 18.8 Å². The van der Waals surface area contributed by atoms with Crippen molar-refractivity contribution in [1.29, 1.82) is 0 Å². The molecule has 1 saturated heterocycles. The molecule has 0 atom stereocenters. The van der Waals surface area contributed by atoms with Crippen molar-refractivity contribution in [2.24, 2.45) is 0 Å². The number of likely N-dealkylation sites (tertiary alicyclic amines) is 1. The molecule has 1 aromatic heterocycles. The van der Waals surface area contributed by atoms with Crippen molar-refractivity contribution in [2.75, 3.05) is 19.9 Å². The van der Waals surface area contributed by atoms with E-state index in [0.29, 0.717) is 5.92 Å². The van der Waals surface area contributed by atoms with E-state index in [-0.39, 0.29) is 12.7 Å². The first-order chi connectivity index (χ1) is 11.8. The Morgan fingerprint density at radius 3 is 2.79 bits per heavy atom. The predicted molar refractivity (Wildman–Crippen MR) is 94.5 cm³/mol. The number of rotatable bonds is 3. The third-order valence-corrected chi connectivity index (χ3v) is 5.60. The van der Waals surface area contributed by atoms with Gasteiger partial charge in [-0.3, -0.25) is 4.79 Å². The number of hydrogen-bond donors (Lipinski definition) is 0. The summed E-state index contributed by atoms with van der Waals surface area (Å²) >= 11 is 1.82. The third-order valence-electron chi connectivity index (χ3n) is 4.57. The highest BCUT2D eigenvalue weighted by Gasteiger charge is 2.23. The number of ether oxygens (including phenoxy) is 2. The molecule has 2 aromatic rings. The minimum absolute atomic E-state index is 0.0808. The van der Waals surface area contributed by atoms with Crippen molar-refractivity contribution < 1.29 is 14.3 Å². The number of fused-ring (bicyclic) bond motifs is 1. The number of piperidine rings is 1. The normalized spacial score (nSPS) is 17.6. The fourth-order valence-electron chi connectivity index (χ4n) is 3.20. The fraction of sp³-hybridized carbons (Fsp3) is 0.316. The van der Waals surface area contributed by atoms with Crippen LogP contribution in [0.2, 0.25) is 0 Å². The summed E-state index contributed by atoms with van der Waals surface area (Å²) in [5.74, 6) is 2.18. The number of benzene rings is 1. The van der Waals surface area contributed by atoms with Gasteiger partial charge >= 0.3 is 0 Å². The summed E-state index contributed by atoms with van der Waals surface area (Å²) < 4.78 is 10.7. The maximum Gasteiger partial charge on any atom is 0.246 e. The summed E-state index contributed by atoms with van der Waals surface area (Å²) in [6.07, 6.45) is 5.59. The van der Waals surface area contributed by atoms with E-state index in [1.165, 1.54) is 4.88 Å². The highest BCUT2D eigenvalue weighted by Crippen LogP contribution is 2.33. The molecule has 0 saturated carbocycles. The predicted octanol–water partition coefficient (Wildman–Crippen LogP) is 3.90. The Balaban J connectivity index is 1.35. The molecule has 0 spiro atoms. The molecule has 2 aliphatic rings. The average Bonchev–Trinajstić information content (AvgIpc) is 3.31. The van der Waals surface area contributed by atoms with E-state index in [0.717, 1.165) is 43.0 Å². The largest absolute Gasteiger partial charge is 0.454 e. The number of carbonyl (C=O) groups excluding carboxylic acids is 1. The Bertz CT molecular complexity index is 746. The zero-order valence-electron chi connectivity index (χ0n) is 13.3. The lowest BCUT2D eigenvalue weighted by atomic mass is 9.95. The first kappa shape index (κ1) is 15.3. The van der Waals surface area contributed by atoms with E-state index in [2.05, 4.69) is 17.5 Å². The minimum Gasteiger partial charge on any atom is -0.454 e. The van der Waals surface area contributed by atoms with E-state index < -0.39 is 0 Å². The van der Waals surface area contributed by atoms with Crippen LogP contribution in [0.5, 0.6) is 11.5 Å². The van der Waals surface area contributed by atoms with Crippen LogP contribution in [-0.4, -0.2) is 30.7 Å². The van der Waals surface area contributed by atoms with Gasteiger partial charge in [0.25, 0.3) is 0 Å². The number of hydrogen-bond acceptors (Lipinski definition) is 4. The molecule has 0 aliphatic carbocycles. The van der Waals surface area contributed by atoms with Crippen molar-refractivity contribution in [3.05, 3.63) is 52.2 Å². The Labute approximate surface area is 145 Å². The van der Waals surface area contributed by atoms with Gasteiger partial charge in [-0.05, 0) is 54.0 Å². The lowest BCUT2D eigenvalue weighted by Crippen LogP contribution is -2.36. The molecule has 2 aliphatic heterocycles. The van der Waals surface area contributed by atoms with E-state index in [1.807, 2.05) is 40.5 Å². The molecule has 1 fully saturated rings. The monoisotopic (exact) mass is 341 g/mol. The van der Waals surface area contributed by atoms with Crippen molar-refractivity contribution >= 4 is 23.3 Å². The van der Waals surface area contributed by atoms with Crippen LogP contribution < -0.4 is 9.47 Å². The second-order valence-corrected chi connectivity index (χ2v) is 7.04. The standard InChI is InChI=1S/C19H19NO3S/c21-19(6-4-14-3-5-16-17(12-14)23-13-22-16)20-9-7-15(8-10-20)18-2-1-11-24-18/h1-6,11-12,15H,7-10,13H2/b6-4+. The van der Waals surface area contributed by atoms with Gasteiger partial charge < -0.3 is 14.4 Å². The first-order valence-electron chi connectivity index (χ1n) is 8.19. The van der Waals surface area contributed by atoms with Gasteiger partial charge in [-0.1, -0.05) is 12.1 Å². The van der Waals surface area contributed by atoms with Gasteiger partial charge in [0, 0.05) is 24.0 Å². The number of carbonyl (C=O) groups is 1. The molecule has 4 rings (SSSR count). The van der Waals surface area contributed by atoms with Gasteiger partial charge in [0.05, 0.1) is 0 Å². The maximum absolute atomic E-state index is 12.4. The molecule has 124 valence electrons. The lowest BCUT2D eigenvalue weighted by molar-refractivity contribution is -0.126. The molecule has 1 amide bonds. The number of thiophene rings is 1. The first-order valence-corrected chi connectivity index (χ1v) is 9.07. The zero-order valence-corrected chi connectivity index (χ0v) is 14.1. The summed E-state index contributed by atoms with van der Waals surface area (Å²) in [7, 11) is 0. The van der Waals surface area contributed by atoms with E-state index in [4.69, 9.17) is 9.47 Å². The summed E-state index contributed by atoms with van der Waals surface area (Å²) in [5, 5.41) is 2.13. The smallest absolute Gasteiger partial charge is 0.246 e. The summed E-state index contributed by atoms with van der Waals surface area (Å²) in [6, 6.07) is 10.0. The summed E-state index contributed by atoms with van der Waals surface area (Å²) in [4.78, 5) is 15.8. The topological polar surface area (TPSA) is 38.8 Å². The van der Waals surface area contributed by atoms with Gasteiger partial charge in [-0.2, -0.15) is 0 Å². The van der Waals surface area contributed by atoms with Crippen LogP contribution in [0.25, 0.3) is 6.08 Å². The highest BCUT2D eigenvalue weighted by molar-refractivity contribution is 7.10. The van der Waals surface area contributed by atoms with Crippen LogP contribution in [0, 0.1) is 0 Å². The molecule has 0 bridgehead atoms. The zero-order chi connectivity index (χ0) is 16.4. The molecule has 0 radical (unpaired) electrons. The van der Waals surface area contributed by atoms with Crippen LogP contribution in [0.4, 0.5) is 0 Å². The molecular weight excluding hydrogens is 322 g/mol. The average molecular weight is 341 g/mol. The van der Waals surface area contributed by atoms with Gasteiger partial charge in [0.1, 0.15) is 0 Å². The third kappa shape index (κ3) is 3.17. The van der Waals surface area contributed by atoms with Crippen molar-refractivity contribution in [3.63, 3.8) is 0 Å². The molecule has 1 aromatic carbocycles. The van der Waals surface area contributed by atoms with Gasteiger partial charge in [0.2, 0.25) is 12.7 Å². The second-order valence-electron chi connectivity index (χ2n) is 6.06. The Morgan fingerprint density at radius 1 is 1.17 bits per heavy atom. The number of nitrogens with zero attached hydrogens (tertiary/aromatic N) is 1. The van der Waals surface area contributed by atoms with Crippen molar-refractivity contribution in [1.82, 2.24) is 4.90 Å². The van der Waals surface area contributed by atoms with Crippen LogP contribution >= 0.6 is 11.3 Å². The van der Waals surface area contributed by atoms with Crippen molar-refractivity contribution in [3.8, 4) is 11.5 Å². The quantitative estimate of drug-likeness (QED) is 0.795. The van der Waals surface area contributed by atoms with E-state index in [1.54, 1.807) is 6.08 Å². The van der Waals surface area contributed by atoms with Gasteiger partial charge in [0.15, 0.2) is 11.5 Å². The lowest BCUT2D eigenvalue weighted by Gasteiger charge is -2.30. The highest BCUT2D eigenvalue weighted by atomic mass is 32.1. The van der Waals surface area contributed by atoms with Gasteiger partial charge in [-0.25, -0.2) is 0 Å². The molecular formula is C19H19NO3S. The number of amides is 1. The van der Waals surface area contributed by atoms with Crippen LogP contribution in [0.1, 0.15) is 29.2 Å². The second kappa shape index (κ2) is 6.69. The molecule has 4 nitrogen and oxygen atoms in total. The minimum atomic E-state index is 0.0808.